The topological polar surface area (TPSA) is 32.3 Å². The van der Waals surface area contributed by atoms with Crippen LogP contribution in [0.25, 0.3) is 0 Å². The summed E-state index contributed by atoms with van der Waals surface area (Å²) in [6.45, 7) is 12.3. The fourth-order valence-corrected chi connectivity index (χ4v) is 3.56. The fourth-order valence-electron chi connectivity index (χ4n) is 3.56. The van der Waals surface area contributed by atoms with Gasteiger partial charge in [-0.25, -0.2) is 0 Å². The molecule has 140 valence electrons. The third-order valence-corrected chi connectivity index (χ3v) is 5.14. The molecule has 0 heterocycles. The van der Waals surface area contributed by atoms with E-state index in [0.29, 0.717) is 18.6 Å². The summed E-state index contributed by atoms with van der Waals surface area (Å²) in [5, 5.41) is 3.18. The maximum atomic E-state index is 13.3. The van der Waals surface area contributed by atoms with Crippen LogP contribution in [0.4, 0.5) is 0 Å². The first-order valence-corrected chi connectivity index (χ1v) is 9.52. The normalized spacial score (nSPS) is 12.0. The molecular formula is C23H32N2O. The number of rotatable bonds is 8. The predicted molar refractivity (Wildman–Crippen MR) is 109 cm³/mol. The van der Waals surface area contributed by atoms with E-state index in [2.05, 4.69) is 37.9 Å². The number of nitrogens with one attached hydrogen (secondary N) is 1. The summed E-state index contributed by atoms with van der Waals surface area (Å²) in [4.78, 5) is 15.6. The molecular weight excluding hydrogens is 320 g/mol. The van der Waals surface area contributed by atoms with E-state index in [4.69, 9.17) is 0 Å². The maximum Gasteiger partial charge on any atom is 0.234 e. The van der Waals surface area contributed by atoms with Crippen LogP contribution in [-0.2, 0) is 10.2 Å². The Morgan fingerprint density at radius 2 is 1.31 bits per heavy atom. The summed E-state index contributed by atoms with van der Waals surface area (Å²) in [5.41, 5.74) is 1.31. The molecule has 0 radical (unpaired) electrons. The van der Waals surface area contributed by atoms with Crippen LogP contribution in [0.2, 0.25) is 0 Å². The van der Waals surface area contributed by atoms with Crippen molar-refractivity contribution in [2.24, 2.45) is 0 Å². The molecule has 2 aromatic carbocycles. The lowest BCUT2D eigenvalue weighted by Crippen LogP contribution is -2.47. The van der Waals surface area contributed by atoms with Gasteiger partial charge in [-0.05, 0) is 45.7 Å². The zero-order valence-electron chi connectivity index (χ0n) is 16.7. The van der Waals surface area contributed by atoms with Gasteiger partial charge < -0.3 is 5.32 Å². The van der Waals surface area contributed by atoms with Crippen LogP contribution < -0.4 is 5.32 Å². The molecule has 0 aromatic heterocycles. The Morgan fingerprint density at radius 1 is 0.885 bits per heavy atom. The highest BCUT2D eigenvalue weighted by molar-refractivity contribution is 5.91. The smallest absolute Gasteiger partial charge is 0.234 e. The number of nitrogens with zero attached hydrogens (tertiary/aromatic N) is 1. The van der Waals surface area contributed by atoms with Gasteiger partial charge in [0.2, 0.25) is 5.91 Å². The minimum atomic E-state index is -0.705. The molecule has 2 rings (SSSR count). The van der Waals surface area contributed by atoms with Crippen molar-refractivity contribution in [2.75, 3.05) is 13.1 Å². The molecule has 0 aliphatic heterocycles. The van der Waals surface area contributed by atoms with Crippen LogP contribution in [0.5, 0.6) is 0 Å². The van der Waals surface area contributed by atoms with Gasteiger partial charge in [-0.2, -0.15) is 0 Å². The lowest BCUT2D eigenvalue weighted by atomic mass is 9.75. The molecule has 0 spiro atoms. The summed E-state index contributed by atoms with van der Waals surface area (Å²) in [5.74, 6) is 0.0439. The van der Waals surface area contributed by atoms with E-state index in [-0.39, 0.29) is 5.91 Å². The molecule has 26 heavy (non-hydrogen) atoms. The predicted octanol–water partition coefficient (Wildman–Crippen LogP) is 4.23. The first-order chi connectivity index (χ1) is 12.4. The first-order valence-electron chi connectivity index (χ1n) is 9.52. The van der Waals surface area contributed by atoms with E-state index in [1.54, 1.807) is 0 Å². The highest BCUT2D eigenvalue weighted by atomic mass is 16.2. The molecule has 0 bridgehead atoms. The van der Waals surface area contributed by atoms with Crippen molar-refractivity contribution >= 4 is 5.91 Å². The van der Waals surface area contributed by atoms with Gasteiger partial charge in [-0.3, -0.25) is 9.69 Å². The molecule has 0 fully saturated rings. The Morgan fingerprint density at radius 3 is 1.69 bits per heavy atom. The van der Waals surface area contributed by atoms with Crippen LogP contribution in [0.3, 0.4) is 0 Å². The number of hydrogen-bond donors (Lipinski definition) is 1. The van der Waals surface area contributed by atoms with Crippen molar-refractivity contribution in [1.29, 1.82) is 0 Å². The van der Waals surface area contributed by atoms with Gasteiger partial charge in [0, 0.05) is 25.2 Å². The van der Waals surface area contributed by atoms with Crippen molar-refractivity contribution < 1.29 is 4.79 Å². The van der Waals surface area contributed by atoms with E-state index in [0.717, 1.165) is 17.7 Å². The molecule has 0 aliphatic rings. The lowest BCUT2D eigenvalue weighted by Gasteiger charge is -2.32. The lowest BCUT2D eigenvalue weighted by molar-refractivity contribution is -0.125. The van der Waals surface area contributed by atoms with Crippen LogP contribution >= 0.6 is 0 Å². The molecule has 0 aliphatic carbocycles. The van der Waals surface area contributed by atoms with E-state index in [9.17, 15) is 4.79 Å². The second kappa shape index (κ2) is 9.00. The molecule has 3 heteroatoms. The molecule has 1 amide bonds. The molecule has 0 saturated carbocycles. The molecule has 0 unspecified atom stereocenters. The molecule has 2 aromatic rings. The average Bonchev–Trinajstić information content (AvgIpc) is 2.65. The number of amides is 1. The van der Waals surface area contributed by atoms with E-state index in [1.807, 2.05) is 67.6 Å². The summed E-state index contributed by atoms with van der Waals surface area (Å²) >= 11 is 0. The van der Waals surface area contributed by atoms with Gasteiger partial charge in [0.25, 0.3) is 0 Å². The number of carbonyl (C=O) groups excluding carboxylic acids is 1. The van der Waals surface area contributed by atoms with Gasteiger partial charge in [0.15, 0.2) is 0 Å². The highest BCUT2D eigenvalue weighted by Crippen LogP contribution is 2.32. The van der Waals surface area contributed by atoms with E-state index < -0.39 is 5.41 Å². The fraction of sp³-hybridized carbons (Fsp3) is 0.435. The minimum absolute atomic E-state index is 0.0439. The van der Waals surface area contributed by atoms with Gasteiger partial charge in [0.05, 0.1) is 5.41 Å². The number of benzene rings is 2. The largest absolute Gasteiger partial charge is 0.354 e. The van der Waals surface area contributed by atoms with Crippen LogP contribution in [0.1, 0.15) is 45.7 Å². The number of hydrogen-bond acceptors (Lipinski definition) is 2. The van der Waals surface area contributed by atoms with E-state index in [1.165, 1.54) is 0 Å². The third kappa shape index (κ3) is 4.53. The van der Waals surface area contributed by atoms with E-state index >= 15 is 0 Å². The minimum Gasteiger partial charge on any atom is -0.354 e. The Bertz CT molecular complexity index is 632. The third-order valence-electron chi connectivity index (χ3n) is 5.14. The van der Waals surface area contributed by atoms with Crippen LogP contribution in [0.15, 0.2) is 60.7 Å². The van der Waals surface area contributed by atoms with Gasteiger partial charge in [-0.15, -0.1) is 0 Å². The van der Waals surface area contributed by atoms with Gasteiger partial charge in [0.1, 0.15) is 0 Å². The molecule has 1 N–H and O–H groups in total. The van der Waals surface area contributed by atoms with Crippen LogP contribution in [-0.4, -0.2) is 36.0 Å². The van der Waals surface area contributed by atoms with Crippen molar-refractivity contribution in [3.8, 4) is 0 Å². The molecule has 0 saturated heterocycles. The Balaban J connectivity index is 2.20. The average molecular weight is 353 g/mol. The second-order valence-electron chi connectivity index (χ2n) is 7.54. The second-order valence-corrected chi connectivity index (χ2v) is 7.54. The van der Waals surface area contributed by atoms with Crippen LogP contribution in [0, 0.1) is 0 Å². The molecule has 0 atom stereocenters. The van der Waals surface area contributed by atoms with Crippen molar-refractivity contribution in [3.63, 3.8) is 0 Å². The summed E-state index contributed by atoms with van der Waals surface area (Å²) < 4.78 is 0. The number of carbonyl (C=O) groups is 1. The summed E-state index contributed by atoms with van der Waals surface area (Å²) in [6.07, 6.45) is 0. The zero-order chi connectivity index (χ0) is 19.2. The Labute approximate surface area is 158 Å². The molecule has 3 nitrogen and oxygen atoms in total. The maximum absolute atomic E-state index is 13.3. The van der Waals surface area contributed by atoms with Crippen molar-refractivity contribution in [2.45, 2.75) is 52.1 Å². The quantitative estimate of drug-likeness (QED) is 0.771. The zero-order valence-corrected chi connectivity index (χ0v) is 16.7. The van der Waals surface area contributed by atoms with Crippen molar-refractivity contribution in [1.82, 2.24) is 10.2 Å². The first kappa shape index (κ1) is 20.2. The SMILES string of the molecule is CC(C)N(CCNC(=O)C(C)(c1ccccc1)c1ccccc1)C(C)C. The highest BCUT2D eigenvalue weighted by Gasteiger charge is 2.36. The standard InChI is InChI=1S/C23H32N2O/c1-18(2)25(19(3)4)17-16-24-22(26)23(5,20-12-8-6-9-13-20)21-14-10-7-11-15-21/h6-15,18-19H,16-17H2,1-5H3,(H,24,26). The van der Waals surface area contributed by atoms with Gasteiger partial charge >= 0.3 is 0 Å². The summed E-state index contributed by atoms with van der Waals surface area (Å²) in [7, 11) is 0. The monoisotopic (exact) mass is 352 g/mol. The van der Waals surface area contributed by atoms with Crippen molar-refractivity contribution in [3.05, 3.63) is 71.8 Å². The summed E-state index contributed by atoms with van der Waals surface area (Å²) in [6, 6.07) is 21.0. The Kier molecular flexibility index (Phi) is 6.98. The van der Waals surface area contributed by atoms with Gasteiger partial charge in [-0.1, -0.05) is 60.7 Å². The Hall–Kier alpha value is -2.13.